The summed E-state index contributed by atoms with van der Waals surface area (Å²) in [6.07, 6.45) is 0. The lowest BCUT2D eigenvalue weighted by molar-refractivity contribution is 0.230. The molecule has 0 amide bonds. The summed E-state index contributed by atoms with van der Waals surface area (Å²) in [5, 5.41) is 14.3. The van der Waals surface area contributed by atoms with E-state index in [1.165, 1.54) is 10.4 Å². The number of anilines is 1. The summed E-state index contributed by atoms with van der Waals surface area (Å²) in [6, 6.07) is 8.21. The van der Waals surface area contributed by atoms with Crippen LogP contribution in [-0.4, -0.2) is 52.5 Å². The number of fused-ring (bicyclic) bond motifs is 1. The Labute approximate surface area is 127 Å². The molecule has 1 fully saturated rings. The average Bonchev–Trinajstić information content (AvgIpc) is 2.97. The fourth-order valence-corrected chi connectivity index (χ4v) is 3.60. The molecule has 0 saturated carbocycles. The van der Waals surface area contributed by atoms with Crippen LogP contribution in [0, 0.1) is 0 Å². The van der Waals surface area contributed by atoms with Crippen LogP contribution in [0.5, 0.6) is 0 Å². The minimum absolute atomic E-state index is 0.0321. The average molecular weight is 305 g/mol. The Bertz CT molecular complexity index is 648. The predicted molar refractivity (Wildman–Crippen MR) is 86.3 cm³/mol. The van der Waals surface area contributed by atoms with Crippen molar-refractivity contribution in [3.63, 3.8) is 0 Å². The number of benzene rings is 1. The molecule has 0 spiro atoms. The number of hydrogen-bond acceptors (Lipinski definition) is 6. The summed E-state index contributed by atoms with van der Waals surface area (Å²) in [4.78, 5) is 4.60. The van der Waals surface area contributed by atoms with Gasteiger partial charge in [0.2, 0.25) is 0 Å². The molecule has 1 saturated heterocycles. The maximum Gasteiger partial charge on any atom is 0.156 e. The lowest BCUT2D eigenvalue weighted by Crippen LogP contribution is -2.53. The molecule has 21 heavy (non-hydrogen) atoms. The van der Waals surface area contributed by atoms with E-state index >= 15 is 0 Å². The third-order valence-electron chi connectivity index (χ3n) is 4.06. The van der Waals surface area contributed by atoms with E-state index in [4.69, 9.17) is 10.9 Å². The van der Waals surface area contributed by atoms with Gasteiger partial charge in [-0.25, -0.2) is 0 Å². The SMILES string of the molecule is CC(C(N)=NO)N1CCN(c2snc3ccccc23)CC1. The van der Waals surface area contributed by atoms with E-state index in [-0.39, 0.29) is 11.9 Å². The number of aromatic nitrogens is 1. The van der Waals surface area contributed by atoms with Crippen LogP contribution in [-0.2, 0) is 0 Å². The van der Waals surface area contributed by atoms with Gasteiger partial charge in [-0.3, -0.25) is 4.90 Å². The van der Waals surface area contributed by atoms with Gasteiger partial charge in [0, 0.05) is 31.6 Å². The quantitative estimate of drug-likeness (QED) is 0.389. The van der Waals surface area contributed by atoms with Gasteiger partial charge in [-0.05, 0) is 30.6 Å². The van der Waals surface area contributed by atoms with Crippen LogP contribution in [0.4, 0.5) is 5.00 Å². The van der Waals surface area contributed by atoms with Gasteiger partial charge in [0.15, 0.2) is 5.84 Å². The minimum atomic E-state index is -0.0321. The summed E-state index contributed by atoms with van der Waals surface area (Å²) in [7, 11) is 0. The largest absolute Gasteiger partial charge is 0.409 e. The van der Waals surface area contributed by atoms with Crippen molar-refractivity contribution in [2.45, 2.75) is 13.0 Å². The molecule has 3 rings (SSSR count). The molecule has 1 aliphatic rings. The van der Waals surface area contributed by atoms with Crippen LogP contribution in [0.2, 0.25) is 0 Å². The minimum Gasteiger partial charge on any atom is -0.409 e. The van der Waals surface area contributed by atoms with Crippen LogP contribution in [0.15, 0.2) is 29.4 Å². The molecular formula is C14H19N5OS. The van der Waals surface area contributed by atoms with E-state index in [9.17, 15) is 0 Å². The second-order valence-electron chi connectivity index (χ2n) is 5.23. The van der Waals surface area contributed by atoms with E-state index in [0.29, 0.717) is 0 Å². The summed E-state index contributed by atoms with van der Waals surface area (Å²) in [6.45, 7) is 5.60. The van der Waals surface area contributed by atoms with E-state index < -0.39 is 0 Å². The molecule has 3 N–H and O–H groups in total. The Hall–Kier alpha value is -1.86. The fourth-order valence-electron chi connectivity index (χ4n) is 2.69. The monoisotopic (exact) mass is 305 g/mol. The van der Waals surface area contributed by atoms with Crippen LogP contribution in [0.1, 0.15) is 6.92 Å². The first kappa shape index (κ1) is 14.1. The summed E-state index contributed by atoms with van der Waals surface area (Å²) in [5.41, 5.74) is 6.75. The number of piperazine rings is 1. The van der Waals surface area contributed by atoms with Crippen molar-refractivity contribution < 1.29 is 5.21 Å². The molecule has 1 aromatic carbocycles. The van der Waals surface area contributed by atoms with Gasteiger partial charge < -0.3 is 15.8 Å². The summed E-state index contributed by atoms with van der Waals surface area (Å²) >= 11 is 1.56. The summed E-state index contributed by atoms with van der Waals surface area (Å²) < 4.78 is 4.50. The zero-order chi connectivity index (χ0) is 14.8. The molecule has 7 heteroatoms. The van der Waals surface area contributed by atoms with Crippen molar-refractivity contribution in [2.24, 2.45) is 10.9 Å². The normalized spacial score (nSPS) is 19.1. The molecule has 1 aromatic heterocycles. The maximum absolute atomic E-state index is 8.78. The Morgan fingerprint density at radius 3 is 2.76 bits per heavy atom. The molecule has 1 unspecified atom stereocenters. The number of amidine groups is 1. The molecular weight excluding hydrogens is 286 g/mol. The molecule has 0 radical (unpaired) electrons. The zero-order valence-electron chi connectivity index (χ0n) is 11.9. The van der Waals surface area contributed by atoms with Crippen molar-refractivity contribution in [3.05, 3.63) is 24.3 Å². The lowest BCUT2D eigenvalue weighted by atomic mass is 10.2. The standard InChI is InChI=1S/C14H19N5OS/c1-10(13(15)16-20)18-6-8-19(9-7-18)14-11-4-2-3-5-12(11)17-21-14/h2-5,10,20H,6-9H2,1H3,(H2,15,16). The van der Waals surface area contributed by atoms with Gasteiger partial charge in [-0.2, -0.15) is 4.37 Å². The molecule has 0 bridgehead atoms. The smallest absolute Gasteiger partial charge is 0.156 e. The molecule has 112 valence electrons. The number of hydrogen-bond donors (Lipinski definition) is 2. The van der Waals surface area contributed by atoms with Crippen molar-refractivity contribution >= 4 is 33.3 Å². The van der Waals surface area contributed by atoms with Gasteiger partial charge in [-0.15, -0.1) is 0 Å². The van der Waals surface area contributed by atoms with Gasteiger partial charge in [0.25, 0.3) is 0 Å². The third-order valence-corrected chi connectivity index (χ3v) is 5.00. The van der Waals surface area contributed by atoms with Gasteiger partial charge in [-0.1, -0.05) is 17.3 Å². The highest BCUT2D eigenvalue weighted by Crippen LogP contribution is 2.31. The van der Waals surface area contributed by atoms with Crippen LogP contribution in [0.25, 0.3) is 10.9 Å². The van der Waals surface area contributed by atoms with Crippen molar-refractivity contribution in [2.75, 3.05) is 31.1 Å². The highest BCUT2D eigenvalue weighted by Gasteiger charge is 2.25. The fraction of sp³-hybridized carbons (Fsp3) is 0.429. The van der Waals surface area contributed by atoms with E-state index in [1.54, 1.807) is 11.5 Å². The Balaban J connectivity index is 1.71. The molecule has 1 aliphatic heterocycles. The van der Waals surface area contributed by atoms with Crippen LogP contribution < -0.4 is 10.6 Å². The van der Waals surface area contributed by atoms with Gasteiger partial charge >= 0.3 is 0 Å². The second-order valence-corrected chi connectivity index (χ2v) is 5.98. The number of nitrogens with zero attached hydrogens (tertiary/aromatic N) is 4. The number of oxime groups is 1. The molecule has 0 aliphatic carbocycles. The third kappa shape index (κ3) is 2.66. The molecule has 6 nitrogen and oxygen atoms in total. The first-order valence-corrected chi connectivity index (χ1v) is 7.79. The topological polar surface area (TPSA) is 78.0 Å². The first-order valence-electron chi connectivity index (χ1n) is 7.01. The van der Waals surface area contributed by atoms with E-state index in [1.807, 2.05) is 19.1 Å². The number of nitrogens with two attached hydrogens (primary N) is 1. The summed E-state index contributed by atoms with van der Waals surface area (Å²) in [5.74, 6) is 0.270. The van der Waals surface area contributed by atoms with Crippen LogP contribution in [0.3, 0.4) is 0 Å². The maximum atomic E-state index is 8.78. The predicted octanol–water partition coefficient (Wildman–Crippen LogP) is 1.55. The first-order chi connectivity index (χ1) is 10.2. The van der Waals surface area contributed by atoms with E-state index in [2.05, 4.69) is 31.5 Å². The van der Waals surface area contributed by atoms with Crippen molar-refractivity contribution in [1.29, 1.82) is 0 Å². The van der Waals surface area contributed by atoms with Crippen molar-refractivity contribution in [1.82, 2.24) is 9.27 Å². The second kappa shape index (κ2) is 5.87. The molecule has 2 heterocycles. The highest BCUT2D eigenvalue weighted by atomic mass is 32.1. The lowest BCUT2D eigenvalue weighted by Gasteiger charge is -2.37. The Kier molecular flexibility index (Phi) is 3.94. The zero-order valence-corrected chi connectivity index (χ0v) is 12.8. The van der Waals surface area contributed by atoms with Crippen molar-refractivity contribution in [3.8, 4) is 0 Å². The van der Waals surface area contributed by atoms with Crippen LogP contribution >= 0.6 is 11.5 Å². The molecule has 1 atom stereocenters. The Morgan fingerprint density at radius 1 is 1.33 bits per heavy atom. The molecule has 2 aromatic rings. The highest BCUT2D eigenvalue weighted by molar-refractivity contribution is 7.11. The Morgan fingerprint density at radius 2 is 2.05 bits per heavy atom. The number of rotatable bonds is 3. The van der Waals surface area contributed by atoms with E-state index in [0.717, 1.165) is 31.7 Å². The van der Waals surface area contributed by atoms with Gasteiger partial charge in [0.1, 0.15) is 5.00 Å². The van der Waals surface area contributed by atoms with Gasteiger partial charge in [0.05, 0.1) is 11.6 Å².